The number of hydrogen-bond acceptors (Lipinski definition) is 4. The van der Waals surface area contributed by atoms with E-state index in [-0.39, 0.29) is 11.9 Å². The van der Waals surface area contributed by atoms with E-state index in [1.54, 1.807) is 20.2 Å². The third kappa shape index (κ3) is 2.75. The molecule has 0 saturated carbocycles. The SMILES string of the molecule is CNC(C)C(=O)Nc1ccc(-c2cnco2)cc1. The zero-order valence-corrected chi connectivity index (χ0v) is 10.3. The van der Waals surface area contributed by atoms with Crippen LogP contribution in [0.4, 0.5) is 5.69 Å². The minimum absolute atomic E-state index is 0.0649. The smallest absolute Gasteiger partial charge is 0.241 e. The quantitative estimate of drug-likeness (QED) is 0.863. The molecule has 0 spiro atoms. The number of benzene rings is 1. The van der Waals surface area contributed by atoms with Gasteiger partial charge in [-0.05, 0) is 38.2 Å². The summed E-state index contributed by atoms with van der Waals surface area (Å²) in [6, 6.07) is 7.19. The second kappa shape index (κ2) is 5.46. The molecule has 1 unspecified atom stereocenters. The fraction of sp³-hybridized carbons (Fsp3) is 0.231. The number of likely N-dealkylation sites (N-methyl/N-ethyl adjacent to an activating group) is 1. The van der Waals surface area contributed by atoms with Gasteiger partial charge in [0, 0.05) is 11.3 Å². The van der Waals surface area contributed by atoms with Crippen molar-refractivity contribution < 1.29 is 9.21 Å². The van der Waals surface area contributed by atoms with Gasteiger partial charge in [-0.15, -0.1) is 0 Å². The number of oxazole rings is 1. The molecule has 1 aromatic heterocycles. The number of rotatable bonds is 4. The van der Waals surface area contributed by atoms with Gasteiger partial charge in [0.15, 0.2) is 12.2 Å². The van der Waals surface area contributed by atoms with E-state index in [9.17, 15) is 4.79 Å². The molecule has 18 heavy (non-hydrogen) atoms. The van der Waals surface area contributed by atoms with Crippen molar-refractivity contribution in [3.8, 4) is 11.3 Å². The number of carbonyl (C=O) groups excluding carboxylic acids is 1. The molecule has 1 atom stereocenters. The van der Waals surface area contributed by atoms with E-state index in [1.165, 1.54) is 6.39 Å². The first kappa shape index (κ1) is 12.3. The molecule has 1 aromatic carbocycles. The van der Waals surface area contributed by atoms with Crippen molar-refractivity contribution in [2.24, 2.45) is 0 Å². The monoisotopic (exact) mass is 245 g/mol. The van der Waals surface area contributed by atoms with Crippen LogP contribution in [0.3, 0.4) is 0 Å². The maximum Gasteiger partial charge on any atom is 0.241 e. The summed E-state index contributed by atoms with van der Waals surface area (Å²) in [5.74, 6) is 0.640. The minimum atomic E-state index is -0.223. The third-order valence-corrected chi connectivity index (χ3v) is 2.70. The van der Waals surface area contributed by atoms with Crippen LogP contribution in [-0.2, 0) is 4.79 Å². The van der Waals surface area contributed by atoms with Crippen LogP contribution in [0, 0.1) is 0 Å². The molecule has 94 valence electrons. The predicted molar refractivity (Wildman–Crippen MR) is 69.1 cm³/mol. The fourth-order valence-corrected chi connectivity index (χ4v) is 1.46. The van der Waals surface area contributed by atoms with Gasteiger partial charge in [0.25, 0.3) is 0 Å². The number of carbonyl (C=O) groups is 1. The fourth-order valence-electron chi connectivity index (χ4n) is 1.46. The largest absolute Gasteiger partial charge is 0.444 e. The predicted octanol–water partition coefficient (Wildman–Crippen LogP) is 1.89. The van der Waals surface area contributed by atoms with Gasteiger partial charge in [0.05, 0.1) is 12.2 Å². The van der Waals surface area contributed by atoms with Gasteiger partial charge >= 0.3 is 0 Å². The Morgan fingerprint density at radius 2 is 2.06 bits per heavy atom. The molecule has 0 aliphatic rings. The molecular formula is C13H15N3O2. The summed E-state index contributed by atoms with van der Waals surface area (Å²) in [6.45, 7) is 1.80. The molecular weight excluding hydrogens is 230 g/mol. The molecule has 0 bridgehead atoms. The molecule has 0 fully saturated rings. The van der Waals surface area contributed by atoms with Crippen molar-refractivity contribution >= 4 is 11.6 Å². The molecule has 1 amide bonds. The van der Waals surface area contributed by atoms with Gasteiger partial charge in [-0.25, -0.2) is 4.98 Å². The summed E-state index contributed by atoms with van der Waals surface area (Å²) in [5.41, 5.74) is 1.68. The summed E-state index contributed by atoms with van der Waals surface area (Å²) in [5, 5.41) is 5.70. The lowest BCUT2D eigenvalue weighted by molar-refractivity contribution is -0.117. The molecule has 2 N–H and O–H groups in total. The summed E-state index contributed by atoms with van der Waals surface area (Å²) >= 11 is 0. The molecule has 5 nitrogen and oxygen atoms in total. The number of amides is 1. The highest BCUT2D eigenvalue weighted by molar-refractivity contribution is 5.94. The van der Waals surface area contributed by atoms with E-state index in [4.69, 9.17) is 4.42 Å². The Balaban J connectivity index is 2.06. The molecule has 2 rings (SSSR count). The lowest BCUT2D eigenvalue weighted by atomic mass is 10.1. The van der Waals surface area contributed by atoms with Crippen molar-refractivity contribution in [3.05, 3.63) is 36.9 Å². The van der Waals surface area contributed by atoms with E-state index >= 15 is 0 Å². The highest BCUT2D eigenvalue weighted by Crippen LogP contribution is 2.20. The summed E-state index contributed by atoms with van der Waals surface area (Å²) in [4.78, 5) is 15.5. The van der Waals surface area contributed by atoms with Crippen LogP contribution in [0.15, 0.2) is 41.3 Å². The Morgan fingerprint density at radius 1 is 1.33 bits per heavy atom. The molecule has 0 aliphatic carbocycles. The van der Waals surface area contributed by atoms with Crippen LogP contribution in [0.2, 0.25) is 0 Å². The van der Waals surface area contributed by atoms with Gasteiger partial charge in [0.1, 0.15) is 0 Å². The first-order valence-electron chi connectivity index (χ1n) is 5.68. The van der Waals surface area contributed by atoms with Gasteiger partial charge in [-0.1, -0.05) is 0 Å². The van der Waals surface area contributed by atoms with E-state index < -0.39 is 0 Å². The van der Waals surface area contributed by atoms with Crippen molar-refractivity contribution in [2.75, 3.05) is 12.4 Å². The summed E-state index contributed by atoms with van der Waals surface area (Å²) in [6.07, 6.45) is 3.04. The summed E-state index contributed by atoms with van der Waals surface area (Å²) in [7, 11) is 1.75. The van der Waals surface area contributed by atoms with Crippen molar-refractivity contribution in [3.63, 3.8) is 0 Å². The van der Waals surface area contributed by atoms with E-state index in [2.05, 4.69) is 15.6 Å². The standard InChI is InChI=1S/C13H15N3O2/c1-9(14-2)13(17)16-11-5-3-10(4-6-11)12-7-15-8-18-12/h3-9,14H,1-2H3,(H,16,17). The Labute approximate surface area is 105 Å². The van der Waals surface area contributed by atoms with Crippen molar-refractivity contribution in [1.29, 1.82) is 0 Å². The lowest BCUT2D eigenvalue weighted by Gasteiger charge is -2.11. The highest BCUT2D eigenvalue weighted by Gasteiger charge is 2.10. The molecule has 0 saturated heterocycles. The van der Waals surface area contributed by atoms with Crippen LogP contribution in [0.5, 0.6) is 0 Å². The Hall–Kier alpha value is -2.14. The molecule has 5 heteroatoms. The molecule has 0 radical (unpaired) electrons. The average Bonchev–Trinajstić information content (AvgIpc) is 2.92. The van der Waals surface area contributed by atoms with Crippen molar-refractivity contribution in [2.45, 2.75) is 13.0 Å². The maximum atomic E-state index is 11.7. The average molecular weight is 245 g/mol. The lowest BCUT2D eigenvalue weighted by Crippen LogP contribution is -2.35. The Morgan fingerprint density at radius 3 is 2.61 bits per heavy atom. The zero-order valence-electron chi connectivity index (χ0n) is 10.3. The van der Waals surface area contributed by atoms with E-state index in [0.717, 1.165) is 11.3 Å². The van der Waals surface area contributed by atoms with Crippen molar-refractivity contribution in [1.82, 2.24) is 10.3 Å². The van der Waals surface area contributed by atoms with Crippen LogP contribution in [-0.4, -0.2) is 24.0 Å². The highest BCUT2D eigenvalue weighted by atomic mass is 16.3. The first-order chi connectivity index (χ1) is 8.70. The van der Waals surface area contributed by atoms with Gasteiger partial charge in [0.2, 0.25) is 5.91 Å². The van der Waals surface area contributed by atoms with E-state index in [1.807, 2.05) is 24.3 Å². The minimum Gasteiger partial charge on any atom is -0.444 e. The van der Waals surface area contributed by atoms with Crippen LogP contribution in [0.1, 0.15) is 6.92 Å². The molecule has 2 aromatic rings. The molecule has 0 aliphatic heterocycles. The normalized spacial score (nSPS) is 12.1. The van der Waals surface area contributed by atoms with Gasteiger partial charge in [-0.2, -0.15) is 0 Å². The number of nitrogens with zero attached hydrogens (tertiary/aromatic N) is 1. The van der Waals surface area contributed by atoms with Gasteiger partial charge < -0.3 is 15.1 Å². The Bertz CT molecular complexity index is 506. The van der Waals surface area contributed by atoms with E-state index in [0.29, 0.717) is 5.76 Å². The summed E-state index contributed by atoms with van der Waals surface area (Å²) < 4.78 is 5.19. The second-order valence-electron chi connectivity index (χ2n) is 3.94. The topological polar surface area (TPSA) is 67.2 Å². The van der Waals surface area contributed by atoms with Gasteiger partial charge in [-0.3, -0.25) is 4.79 Å². The first-order valence-corrected chi connectivity index (χ1v) is 5.68. The Kier molecular flexibility index (Phi) is 3.74. The maximum absolute atomic E-state index is 11.7. The van der Waals surface area contributed by atoms with Crippen LogP contribution < -0.4 is 10.6 Å². The number of anilines is 1. The number of nitrogens with one attached hydrogen (secondary N) is 2. The zero-order chi connectivity index (χ0) is 13.0. The third-order valence-electron chi connectivity index (χ3n) is 2.70. The van der Waals surface area contributed by atoms with Crippen LogP contribution in [0.25, 0.3) is 11.3 Å². The van der Waals surface area contributed by atoms with Crippen LogP contribution >= 0.6 is 0 Å². The number of aromatic nitrogens is 1. The molecule has 1 heterocycles. The second-order valence-corrected chi connectivity index (χ2v) is 3.94. The number of hydrogen-bond donors (Lipinski definition) is 2.